The van der Waals surface area contributed by atoms with Crippen LogP contribution in [0.5, 0.6) is 0 Å². The van der Waals surface area contributed by atoms with Crippen LogP contribution < -0.4 is 21.9 Å². The molecule has 0 saturated heterocycles. The average molecular weight is 402 g/mol. The van der Waals surface area contributed by atoms with Gasteiger partial charge in [-0.25, -0.2) is 0 Å². The maximum absolute atomic E-state index is 11.5. The van der Waals surface area contributed by atoms with Gasteiger partial charge in [0.25, 0.3) is 10.9 Å². The summed E-state index contributed by atoms with van der Waals surface area (Å²) in [5.74, 6) is 0.139. The number of nitrogen functional groups attached to an aromatic ring is 1. The summed E-state index contributed by atoms with van der Waals surface area (Å²) in [5.41, 5.74) is 8.54. The summed E-state index contributed by atoms with van der Waals surface area (Å²) < 4.78 is 0. The fraction of sp³-hybridized carbons (Fsp3) is 0.200. The van der Waals surface area contributed by atoms with E-state index in [9.17, 15) is 9.59 Å². The van der Waals surface area contributed by atoms with Crippen LogP contribution in [0.15, 0.2) is 46.0 Å². The SMILES string of the molecule is CN1Cc2c(Cl)cc(Cl)cc2[C@H](c2ccc(Nc3c(N)c(=O)c3=O)cc2)C1. The van der Waals surface area contributed by atoms with E-state index in [1.165, 1.54) is 0 Å². The minimum absolute atomic E-state index is 0.0174. The van der Waals surface area contributed by atoms with Crippen LogP contribution in [0.1, 0.15) is 22.6 Å². The summed E-state index contributed by atoms with van der Waals surface area (Å²) in [6, 6.07) is 11.5. The molecule has 7 heteroatoms. The molecule has 1 heterocycles. The van der Waals surface area contributed by atoms with Gasteiger partial charge in [-0.15, -0.1) is 0 Å². The number of fused-ring (bicyclic) bond motifs is 1. The van der Waals surface area contributed by atoms with E-state index in [0.29, 0.717) is 15.7 Å². The lowest BCUT2D eigenvalue weighted by Gasteiger charge is -2.33. The van der Waals surface area contributed by atoms with E-state index in [1.807, 2.05) is 30.3 Å². The van der Waals surface area contributed by atoms with Gasteiger partial charge in [-0.3, -0.25) is 9.59 Å². The Kier molecular flexibility index (Phi) is 4.46. The molecule has 1 atom stereocenters. The second-order valence-electron chi connectivity index (χ2n) is 6.90. The molecule has 0 aliphatic carbocycles. The van der Waals surface area contributed by atoms with Crippen LogP contribution >= 0.6 is 23.2 Å². The molecule has 3 aromatic rings. The third-order valence-corrected chi connectivity index (χ3v) is 5.58. The quantitative estimate of drug-likeness (QED) is 0.656. The van der Waals surface area contributed by atoms with Crippen LogP contribution in [0.25, 0.3) is 0 Å². The van der Waals surface area contributed by atoms with Gasteiger partial charge in [0.1, 0.15) is 11.4 Å². The van der Waals surface area contributed by atoms with Crippen molar-refractivity contribution in [3.63, 3.8) is 0 Å². The third-order valence-electron chi connectivity index (χ3n) is 5.02. The van der Waals surface area contributed by atoms with Crippen molar-refractivity contribution in [1.82, 2.24) is 4.90 Å². The van der Waals surface area contributed by atoms with Gasteiger partial charge in [0.15, 0.2) is 0 Å². The number of anilines is 3. The lowest BCUT2D eigenvalue weighted by atomic mass is 9.84. The highest BCUT2D eigenvalue weighted by Crippen LogP contribution is 2.38. The molecule has 5 nitrogen and oxygen atoms in total. The predicted octanol–water partition coefficient (Wildman–Crippen LogP) is 3.49. The van der Waals surface area contributed by atoms with Crippen molar-refractivity contribution in [1.29, 1.82) is 0 Å². The monoisotopic (exact) mass is 401 g/mol. The highest BCUT2D eigenvalue weighted by Gasteiger charge is 2.27. The van der Waals surface area contributed by atoms with Gasteiger partial charge >= 0.3 is 0 Å². The zero-order chi connectivity index (χ0) is 19.3. The standard InChI is InChI=1S/C20H17Cl2N3O2/c1-25-8-14(13-6-11(21)7-16(22)15(13)9-25)10-2-4-12(5-3-10)24-18-17(23)19(26)20(18)27/h2-7,14,24H,8-9,23H2,1H3/t14-/m0/s1. The molecule has 0 fully saturated rings. The number of halogens is 2. The Morgan fingerprint density at radius 2 is 1.81 bits per heavy atom. The Bertz CT molecular complexity index is 1100. The highest BCUT2D eigenvalue weighted by molar-refractivity contribution is 6.35. The minimum atomic E-state index is -0.635. The molecule has 3 aromatic carbocycles. The lowest BCUT2D eigenvalue weighted by molar-refractivity contribution is 0.295. The van der Waals surface area contributed by atoms with Gasteiger partial charge in [0, 0.05) is 34.7 Å². The van der Waals surface area contributed by atoms with Gasteiger partial charge in [0.05, 0.1) is 0 Å². The molecule has 0 spiro atoms. The first-order valence-electron chi connectivity index (χ1n) is 8.47. The van der Waals surface area contributed by atoms with Crippen LogP contribution in [0.4, 0.5) is 17.1 Å². The lowest BCUT2D eigenvalue weighted by Crippen LogP contribution is -2.36. The fourth-order valence-corrected chi connectivity index (χ4v) is 4.18. The van der Waals surface area contributed by atoms with Crippen LogP contribution in [0.2, 0.25) is 10.0 Å². The van der Waals surface area contributed by atoms with E-state index < -0.39 is 10.9 Å². The summed E-state index contributed by atoms with van der Waals surface area (Å²) >= 11 is 12.6. The van der Waals surface area contributed by atoms with E-state index >= 15 is 0 Å². The number of likely N-dealkylation sites (N-methyl/N-ethyl adjacent to an activating group) is 1. The number of hydrogen-bond acceptors (Lipinski definition) is 5. The van der Waals surface area contributed by atoms with Crippen LogP contribution in [0, 0.1) is 0 Å². The third kappa shape index (κ3) is 3.12. The molecule has 138 valence electrons. The topological polar surface area (TPSA) is 75.4 Å². The molecule has 0 unspecified atom stereocenters. The molecule has 0 aromatic heterocycles. The first kappa shape index (κ1) is 18.0. The molecule has 0 radical (unpaired) electrons. The summed E-state index contributed by atoms with van der Waals surface area (Å²) in [7, 11) is 2.06. The minimum Gasteiger partial charge on any atom is -0.394 e. The van der Waals surface area contributed by atoms with Gasteiger partial charge in [0.2, 0.25) is 0 Å². The highest BCUT2D eigenvalue weighted by atomic mass is 35.5. The van der Waals surface area contributed by atoms with Crippen LogP contribution in [-0.2, 0) is 6.54 Å². The van der Waals surface area contributed by atoms with Gasteiger partial charge in [-0.1, -0.05) is 35.3 Å². The average Bonchev–Trinajstić information content (AvgIpc) is 2.66. The first-order valence-corrected chi connectivity index (χ1v) is 9.23. The van der Waals surface area contributed by atoms with Crippen molar-refractivity contribution in [2.24, 2.45) is 0 Å². The molecule has 0 bridgehead atoms. The Hall–Kier alpha value is -2.34. The maximum atomic E-state index is 11.5. The van der Waals surface area contributed by atoms with Crippen LogP contribution in [-0.4, -0.2) is 18.5 Å². The molecular weight excluding hydrogens is 385 g/mol. The summed E-state index contributed by atoms with van der Waals surface area (Å²) in [4.78, 5) is 25.0. The van der Waals surface area contributed by atoms with Crippen LogP contribution in [0.3, 0.4) is 0 Å². The Labute approximate surface area is 166 Å². The number of nitrogens with one attached hydrogen (secondary N) is 1. The largest absolute Gasteiger partial charge is 0.394 e. The second kappa shape index (κ2) is 6.68. The summed E-state index contributed by atoms with van der Waals surface area (Å²) in [6.07, 6.45) is 0. The smallest absolute Gasteiger partial charge is 0.253 e. The van der Waals surface area contributed by atoms with E-state index in [0.717, 1.165) is 29.8 Å². The van der Waals surface area contributed by atoms with E-state index in [2.05, 4.69) is 17.3 Å². The summed E-state index contributed by atoms with van der Waals surface area (Å²) in [5, 5.41) is 4.23. The molecule has 1 aliphatic rings. The van der Waals surface area contributed by atoms with E-state index in [1.54, 1.807) is 6.07 Å². The summed E-state index contributed by atoms with van der Waals surface area (Å²) in [6.45, 7) is 1.63. The van der Waals surface area contributed by atoms with Crippen molar-refractivity contribution in [2.45, 2.75) is 12.5 Å². The number of rotatable bonds is 3. The number of hydrogen-bond donors (Lipinski definition) is 2. The molecular formula is C20H17Cl2N3O2. The van der Waals surface area contributed by atoms with Gasteiger partial charge < -0.3 is 16.0 Å². The van der Waals surface area contributed by atoms with Crippen molar-refractivity contribution < 1.29 is 0 Å². The Morgan fingerprint density at radius 3 is 2.48 bits per heavy atom. The molecule has 1 aliphatic heterocycles. The van der Waals surface area contributed by atoms with Gasteiger partial charge in [-0.2, -0.15) is 0 Å². The molecule has 3 N–H and O–H groups in total. The van der Waals surface area contributed by atoms with E-state index in [4.69, 9.17) is 28.9 Å². The zero-order valence-corrected chi connectivity index (χ0v) is 16.1. The Morgan fingerprint density at radius 1 is 1.11 bits per heavy atom. The van der Waals surface area contributed by atoms with Crippen molar-refractivity contribution in [3.8, 4) is 0 Å². The fourth-order valence-electron chi connectivity index (χ4n) is 3.61. The normalized spacial score (nSPS) is 17.1. The molecule has 4 rings (SSSR count). The number of nitrogens with zero attached hydrogens (tertiary/aromatic N) is 1. The number of nitrogens with two attached hydrogens (primary N) is 1. The van der Waals surface area contributed by atoms with Crippen molar-refractivity contribution in [3.05, 3.63) is 83.6 Å². The molecule has 0 amide bonds. The first-order chi connectivity index (χ1) is 12.8. The predicted molar refractivity (Wildman–Crippen MR) is 110 cm³/mol. The van der Waals surface area contributed by atoms with Gasteiger partial charge in [-0.05, 0) is 48.0 Å². The van der Waals surface area contributed by atoms with Crippen molar-refractivity contribution >= 4 is 40.3 Å². The zero-order valence-electron chi connectivity index (χ0n) is 14.6. The molecule has 0 saturated carbocycles. The van der Waals surface area contributed by atoms with E-state index in [-0.39, 0.29) is 17.3 Å². The Balaban J connectivity index is 1.65. The maximum Gasteiger partial charge on any atom is 0.253 e. The second-order valence-corrected chi connectivity index (χ2v) is 7.74. The van der Waals surface area contributed by atoms with Crippen molar-refractivity contribution in [2.75, 3.05) is 24.6 Å². The number of benzene rings is 2. The molecule has 27 heavy (non-hydrogen) atoms.